The van der Waals surface area contributed by atoms with Gasteiger partial charge in [-0.25, -0.2) is 4.79 Å². The molecule has 0 spiro atoms. The van der Waals surface area contributed by atoms with Gasteiger partial charge in [-0.1, -0.05) is 19.4 Å². The molecule has 0 radical (unpaired) electrons. The summed E-state index contributed by atoms with van der Waals surface area (Å²) in [5.74, 6) is 1.34. The van der Waals surface area contributed by atoms with Crippen LogP contribution in [0.3, 0.4) is 0 Å². The van der Waals surface area contributed by atoms with Gasteiger partial charge in [0.2, 0.25) is 0 Å². The summed E-state index contributed by atoms with van der Waals surface area (Å²) in [6.07, 6.45) is 3.47. The first-order chi connectivity index (χ1) is 13.2. The number of likely N-dealkylation sites (tertiary alicyclic amines) is 1. The normalized spacial score (nSPS) is 18.7. The Morgan fingerprint density at radius 1 is 1.22 bits per heavy atom. The minimum Gasteiger partial charge on any atom is -0.486 e. The zero-order chi connectivity index (χ0) is 19.1. The van der Waals surface area contributed by atoms with E-state index in [1.165, 1.54) is 0 Å². The van der Waals surface area contributed by atoms with E-state index in [0.29, 0.717) is 37.8 Å². The Kier molecular flexibility index (Phi) is 7.18. The molecule has 0 aromatic heterocycles. The molecule has 2 aliphatic rings. The molecule has 1 fully saturated rings. The first-order valence-corrected chi connectivity index (χ1v) is 10.0. The Morgan fingerprint density at radius 3 is 2.70 bits per heavy atom. The molecular weight excluding hydrogens is 346 g/mol. The average Bonchev–Trinajstić information content (AvgIpc) is 3.20. The molecule has 2 unspecified atom stereocenters. The number of fused-ring (bicyclic) bond motifs is 1. The van der Waals surface area contributed by atoms with Crippen molar-refractivity contribution in [1.29, 1.82) is 0 Å². The lowest BCUT2D eigenvalue weighted by atomic mass is 10.0. The highest BCUT2D eigenvalue weighted by Gasteiger charge is 2.27. The number of nitrogens with zero attached hydrogens (tertiary/aromatic N) is 1. The predicted octanol–water partition coefficient (Wildman–Crippen LogP) is 2.05. The molecule has 2 atom stereocenters. The molecule has 3 N–H and O–H groups in total. The summed E-state index contributed by atoms with van der Waals surface area (Å²) in [5.41, 5.74) is 0.720. The third-order valence-electron chi connectivity index (χ3n) is 5.07. The molecule has 0 bridgehead atoms. The number of hydrogen-bond donors (Lipinski definition) is 3. The van der Waals surface area contributed by atoms with Gasteiger partial charge in [0.25, 0.3) is 0 Å². The quantitative estimate of drug-likeness (QED) is 0.604. The van der Waals surface area contributed by atoms with Gasteiger partial charge in [0, 0.05) is 13.1 Å². The van der Waals surface area contributed by atoms with Crippen LogP contribution in [-0.2, 0) is 0 Å². The molecular formula is C20H31N3O4. The van der Waals surface area contributed by atoms with Gasteiger partial charge in [-0.2, -0.15) is 0 Å². The number of rotatable bonds is 8. The van der Waals surface area contributed by atoms with E-state index in [1.54, 1.807) is 0 Å². The van der Waals surface area contributed by atoms with Gasteiger partial charge in [-0.15, -0.1) is 0 Å². The van der Waals surface area contributed by atoms with Crippen LogP contribution in [0, 0.1) is 0 Å². The third kappa shape index (κ3) is 5.49. The fourth-order valence-corrected chi connectivity index (χ4v) is 3.54. The zero-order valence-corrected chi connectivity index (χ0v) is 16.1. The molecule has 2 heterocycles. The summed E-state index contributed by atoms with van der Waals surface area (Å²) in [6.45, 7) is 6.39. The lowest BCUT2D eigenvalue weighted by molar-refractivity contribution is 0.108. The van der Waals surface area contributed by atoms with Gasteiger partial charge >= 0.3 is 6.03 Å². The Hall–Kier alpha value is -1.99. The summed E-state index contributed by atoms with van der Waals surface area (Å²) < 4.78 is 11.2. The molecule has 2 aliphatic heterocycles. The third-order valence-corrected chi connectivity index (χ3v) is 5.07. The van der Waals surface area contributed by atoms with E-state index < -0.39 is 12.1 Å². The number of aliphatic hydroxyl groups excluding tert-OH is 1. The van der Waals surface area contributed by atoms with Crippen LogP contribution in [-0.4, -0.2) is 61.5 Å². The fraction of sp³-hybridized carbons (Fsp3) is 0.650. The average molecular weight is 377 g/mol. The largest absolute Gasteiger partial charge is 0.486 e. The fourth-order valence-electron chi connectivity index (χ4n) is 3.54. The highest BCUT2D eigenvalue weighted by Crippen LogP contribution is 2.33. The summed E-state index contributed by atoms with van der Waals surface area (Å²) in [4.78, 5) is 14.6. The van der Waals surface area contributed by atoms with Gasteiger partial charge in [0.1, 0.15) is 19.3 Å². The van der Waals surface area contributed by atoms with E-state index in [4.69, 9.17) is 9.47 Å². The Bertz CT molecular complexity index is 619. The van der Waals surface area contributed by atoms with Crippen LogP contribution in [0.15, 0.2) is 18.2 Å². The zero-order valence-electron chi connectivity index (χ0n) is 16.1. The number of unbranched alkanes of at least 4 members (excludes halogenated alkanes) is 1. The van der Waals surface area contributed by atoms with Crippen molar-refractivity contribution in [2.45, 2.75) is 44.8 Å². The monoisotopic (exact) mass is 377 g/mol. The van der Waals surface area contributed by atoms with Crippen LogP contribution in [0.1, 0.15) is 44.3 Å². The molecule has 150 valence electrons. The Balaban J connectivity index is 1.69. The van der Waals surface area contributed by atoms with E-state index in [2.05, 4.69) is 22.5 Å². The Morgan fingerprint density at radius 2 is 1.96 bits per heavy atom. The number of urea groups is 1. The van der Waals surface area contributed by atoms with Crippen LogP contribution in [0.25, 0.3) is 0 Å². The van der Waals surface area contributed by atoms with E-state index in [9.17, 15) is 9.90 Å². The second-order valence-electron chi connectivity index (χ2n) is 7.22. The minimum absolute atomic E-state index is 0.232. The SMILES string of the molecule is CCCCNC(=O)NC(CN1CCCC1)C(O)c1ccc2c(c1)OCCO2. The van der Waals surface area contributed by atoms with Crippen molar-refractivity contribution < 1.29 is 19.4 Å². The second-order valence-corrected chi connectivity index (χ2v) is 7.22. The summed E-state index contributed by atoms with van der Waals surface area (Å²) in [6, 6.07) is 4.84. The lowest BCUT2D eigenvalue weighted by Crippen LogP contribution is -2.50. The highest BCUT2D eigenvalue weighted by molar-refractivity contribution is 5.74. The predicted molar refractivity (Wildman–Crippen MR) is 103 cm³/mol. The van der Waals surface area contributed by atoms with Crippen LogP contribution in [0.5, 0.6) is 11.5 Å². The number of ether oxygens (including phenoxy) is 2. The van der Waals surface area contributed by atoms with Crippen molar-refractivity contribution in [2.24, 2.45) is 0 Å². The van der Waals surface area contributed by atoms with Crippen molar-refractivity contribution >= 4 is 6.03 Å². The number of hydrogen-bond acceptors (Lipinski definition) is 5. The van der Waals surface area contributed by atoms with Crippen molar-refractivity contribution in [3.05, 3.63) is 23.8 Å². The molecule has 2 amide bonds. The van der Waals surface area contributed by atoms with E-state index in [0.717, 1.165) is 44.3 Å². The van der Waals surface area contributed by atoms with Gasteiger partial charge in [0.15, 0.2) is 11.5 Å². The molecule has 7 nitrogen and oxygen atoms in total. The maximum absolute atomic E-state index is 12.3. The molecule has 27 heavy (non-hydrogen) atoms. The summed E-state index contributed by atoms with van der Waals surface area (Å²) >= 11 is 0. The van der Waals surface area contributed by atoms with Gasteiger partial charge in [-0.05, 0) is 50.0 Å². The number of nitrogens with one attached hydrogen (secondary N) is 2. The van der Waals surface area contributed by atoms with Crippen LogP contribution in [0.2, 0.25) is 0 Å². The number of amides is 2. The second kappa shape index (κ2) is 9.80. The Labute approximate surface area is 161 Å². The van der Waals surface area contributed by atoms with Gasteiger partial charge < -0.3 is 30.1 Å². The molecule has 1 saturated heterocycles. The summed E-state index contributed by atoms with van der Waals surface area (Å²) in [7, 11) is 0. The van der Waals surface area contributed by atoms with E-state index in [-0.39, 0.29) is 6.03 Å². The molecule has 0 aliphatic carbocycles. The van der Waals surface area contributed by atoms with Crippen molar-refractivity contribution in [2.75, 3.05) is 39.4 Å². The highest BCUT2D eigenvalue weighted by atomic mass is 16.6. The molecule has 7 heteroatoms. The van der Waals surface area contributed by atoms with Gasteiger partial charge in [0.05, 0.1) is 6.04 Å². The van der Waals surface area contributed by atoms with Crippen LogP contribution < -0.4 is 20.1 Å². The lowest BCUT2D eigenvalue weighted by Gasteiger charge is -2.29. The van der Waals surface area contributed by atoms with E-state index >= 15 is 0 Å². The number of benzene rings is 1. The first-order valence-electron chi connectivity index (χ1n) is 10.0. The van der Waals surface area contributed by atoms with Crippen LogP contribution >= 0.6 is 0 Å². The summed E-state index contributed by atoms with van der Waals surface area (Å²) in [5, 5.41) is 16.8. The van der Waals surface area contributed by atoms with Crippen molar-refractivity contribution in [3.8, 4) is 11.5 Å². The topological polar surface area (TPSA) is 83.1 Å². The minimum atomic E-state index is -0.821. The van der Waals surface area contributed by atoms with Crippen molar-refractivity contribution in [3.63, 3.8) is 0 Å². The number of aliphatic hydroxyl groups is 1. The smallest absolute Gasteiger partial charge is 0.315 e. The van der Waals surface area contributed by atoms with Gasteiger partial charge in [-0.3, -0.25) is 0 Å². The van der Waals surface area contributed by atoms with Crippen LogP contribution in [0.4, 0.5) is 4.79 Å². The molecule has 1 aromatic rings. The first kappa shape index (κ1) is 19.8. The number of carbonyl (C=O) groups is 1. The molecule has 3 rings (SSSR count). The molecule has 0 saturated carbocycles. The maximum Gasteiger partial charge on any atom is 0.315 e. The molecule has 1 aromatic carbocycles. The standard InChI is InChI=1S/C20H31N3O4/c1-2-3-8-21-20(25)22-16(14-23-9-4-5-10-23)19(24)15-6-7-17-18(13-15)27-12-11-26-17/h6-7,13,16,19,24H,2-5,8-12,14H2,1H3,(H2,21,22,25). The maximum atomic E-state index is 12.3. The van der Waals surface area contributed by atoms with E-state index in [1.807, 2.05) is 18.2 Å². The van der Waals surface area contributed by atoms with Crippen molar-refractivity contribution in [1.82, 2.24) is 15.5 Å². The number of carbonyl (C=O) groups excluding carboxylic acids is 1.